The number of nitrogens with one attached hydrogen (secondary N) is 2. The Labute approximate surface area is 97.4 Å². The van der Waals surface area contributed by atoms with E-state index in [0.29, 0.717) is 12.6 Å². The van der Waals surface area contributed by atoms with Gasteiger partial charge in [-0.25, -0.2) is 13.8 Å². The van der Waals surface area contributed by atoms with Crippen LogP contribution in [0.4, 0.5) is 20.4 Å². The van der Waals surface area contributed by atoms with Gasteiger partial charge in [-0.05, 0) is 13.8 Å². The lowest BCUT2D eigenvalue weighted by atomic mass is 10.3. The number of rotatable bonds is 5. The average Bonchev–Trinajstić information content (AvgIpc) is 2.24. The predicted molar refractivity (Wildman–Crippen MR) is 60.6 cm³/mol. The van der Waals surface area contributed by atoms with Crippen molar-refractivity contribution in [1.29, 1.82) is 0 Å². The summed E-state index contributed by atoms with van der Waals surface area (Å²) in [4.78, 5) is 14.5. The van der Waals surface area contributed by atoms with Gasteiger partial charge in [0.1, 0.15) is 6.04 Å². The van der Waals surface area contributed by atoms with Gasteiger partial charge in [0.2, 0.25) is 5.91 Å². The molecule has 94 valence electrons. The fourth-order valence-electron chi connectivity index (χ4n) is 1.14. The van der Waals surface area contributed by atoms with Crippen molar-refractivity contribution in [2.45, 2.75) is 19.9 Å². The Bertz CT molecular complexity index is 425. The van der Waals surface area contributed by atoms with E-state index in [1.54, 1.807) is 6.92 Å². The lowest BCUT2D eigenvalue weighted by Crippen LogP contribution is -2.33. The van der Waals surface area contributed by atoms with E-state index in [1.165, 1.54) is 6.92 Å². The second kappa shape index (κ2) is 5.42. The molecule has 1 unspecified atom stereocenters. The van der Waals surface area contributed by atoms with Crippen LogP contribution in [0.2, 0.25) is 0 Å². The smallest absolute Gasteiger partial charge is 0.239 e. The van der Waals surface area contributed by atoms with Crippen LogP contribution in [0.15, 0.2) is 6.07 Å². The van der Waals surface area contributed by atoms with Crippen molar-refractivity contribution >= 4 is 17.5 Å². The molecule has 0 radical (unpaired) electrons. The summed E-state index contributed by atoms with van der Waals surface area (Å²) < 4.78 is 26.6. The zero-order valence-corrected chi connectivity index (χ0v) is 9.55. The molecule has 0 aliphatic heterocycles. The summed E-state index contributed by atoms with van der Waals surface area (Å²) in [6.07, 6.45) is 0. The molecule has 4 N–H and O–H groups in total. The highest BCUT2D eigenvalue weighted by atomic mass is 19.1. The molecule has 0 spiro atoms. The van der Waals surface area contributed by atoms with Crippen molar-refractivity contribution in [1.82, 2.24) is 4.98 Å². The molecule has 0 aromatic carbocycles. The first-order chi connectivity index (χ1) is 7.95. The van der Waals surface area contributed by atoms with Crippen LogP contribution < -0.4 is 16.4 Å². The molecule has 0 saturated carbocycles. The molecule has 0 bridgehead atoms. The third-order valence-corrected chi connectivity index (χ3v) is 2.05. The van der Waals surface area contributed by atoms with Crippen LogP contribution in [0.1, 0.15) is 13.8 Å². The molecule has 0 aliphatic carbocycles. The molecule has 1 heterocycles. The van der Waals surface area contributed by atoms with Crippen LogP contribution in [0.3, 0.4) is 0 Å². The van der Waals surface area contributed by atoms with Gasteiger partial charge in [0.25, 0.3) is 0 Å². The number of nitrogens with zero attached hydrogens (tertiary/aromatic N) is 1. The van der Waals surface area contributed by atoms with Crippen LogP contribution in [0, 0.1) is 11.6 Å². The van der Waals surface area contributed by atoms with Gasteiger partial charge in [-0.2, -0.15) is 0 Å². The Morgan fingerprint density at radius 1 is 1.47 bits per heavy atom. The van der Waals surface area contributed by atoms with Crippen molar-refractivity contribution in [2.75, 3.05) is 17.2 Å². The topological polar surface area (TPSA) is 80.0 Å². The summed E-state index contributed by atoms with van der Waals surface area (Å²) in [5.41, 5.74) is 5.02. The quantitative estimate of drug-likeness (QED) is 0.724. The normalized spacial score (nSPS) is 12.0. The highest BCUT2D eigenvalue weighted by molar-refractivity contribution is 5.82. The van der Waals surface area contributed by atoms with Gasteiger partial charge in [-0.3, -0.25) is 4.79 Å². The number of primary amides is 1. The van der Waals surface area contributed by atoms with E-state index in [2.05, 4.69) is 15.6 Å². The number of halogens is 2. The van der Waals surface area contributed by atoms with Gasteiger partial charge in [-0.1, -0.05) is 0 Å². The molecule has 1 aromatic heterocycles. The standard InChI is InChI=1S/C10H14F2N4O/c1-3-14-9-6(11)4-7(12)10(16-9)15-5(2)8(13)17/h4-5H,3H2,1-2H3,(H2,13,17)(H2,14,15,16). The van der Waals surface area contributed by atoms with Crippen LogP contribution in [0.25, 0.3) is 0 Å². The Kier molecular flexibility index (Phi) is 4.19. The number of hydrogen-bond donors (Lipinski definition) is 3. The third-order valence-electron chi connectivity index (χ3n) is 2.05. The number of carbonyl (C=O) groups is 1. The van der Waals surface area contributed by atoms with Gasteiger partial charge < -0.3 is 16.4 Å². The maximum absolute atomic E-state index is 13.3. The Hall–Kier alpha value is -1.92. The highest BCUT2D eigenvalue weighted by Gasteiger charge is 2.15. The summed E-state index contributed by atoms with van der Waals surface area (Å²) in [6.45, 7) is 3.66. The van der Waals surface area contributed by atoms with E-state index in [4.69, 9.17) is 5.73 Å². The van der Waals surface area contributed by atoms with Crippen molar-refractivity contribution in [3.8, 4) is 0 Å². The minimum absolute atomic E-state index is 0.0759. The summed E-state index contributed by atoms with van der Waals surface area (Å²) in [7, 11) is 0. The lowest BCUT2D eigenvalue weighted by molar-refractivity contribution is -0.118. The zero-order chi connectivity index (χ0) is 13.0. The second-order valence-corrected chi connectivity index (χ2v) is 3.45. The summed E-state index contributed by atoms with van der Waals surface area (Å²) >= 11 is 0. The van der Waals surface area contributed by atoms with Gasteiger partial charge >= 0.3 is 0 Å². The molecule has 7 heteroatoms. The Balaban J connectivity index is 2.98. The van der Waals surface area contributed by atoms with Gasteiger partial charge in [-0.15, -0.1) is 0 Å². The van der Waals surface area contributed by atoms with Crippen molar-refractivity contribution in [2.24, 2.45) is 5.73 Å². The Morgan fingerprint density at radius 2 is 2.06 bits per heavy atom. The molecule has 1 rings (SSSR count). The van der Waals surface area contributed by atoms with E-state index in [1.807, 2.05) is 0 Å². The van der Waals surface area contributed by atoms with Crippen LogP contribution in [0.5, 0.6) is 0 Å². The summed E-state index contributed by atoms with van der Waals surface area (Å²) in [5, 5.41) is 5.11. The summed E-state index contributed by atoms with van der Waals surface area (Å²) in [6, 6.07) is -0.0990. The third kappa shape index (κ3) is 3.27. The fourth-order valence-corrected chi connectivity index (χ4v) is 1.14. The SMILES string of the molecule is CCNc1nc(NC(C)C(N)=O)c(F)cc1F. The van der Waals surface area contributed by atoms with Gasteiger partial charge in [0.15, 0.2) is 23.3 Å². The van der Waals surface area contributed by atoms with E-state index >= 15 is 0 Å². The molecule has 17 heavy (non-hydrogen) atoms. The first-order valence-corrected chi connectivity index (χ1v) is 5.11. The number of nitrogens with two attached hydrogens (primary N) is 1. The zero-order valence-electron chi connectivity index (χ0n) is 9.55. The number of anilines is 2. The van der Waals surface area contributed by atoms with Gasteiger partial charge in [0, 0.05) is 12.6 Å². The van der Waals surface area contributed by atoms with Crippen LogP contribution in [-0.4, -0.2) is 23.5 Å². The Morgan fingerprint density at radius 3 is 2.59 bits per heavy atom. The first kappa shape index (κ1) is 13.1. The summed E-state index contributed by atoms with van der Waals surface area (Å²) in [5.74, 6) is -2.61. The van der Waals surface area contributed by atoms with Crippen molar-refractivity contribution < 1.29 is 13.6 Å². The van der Waals surface area contributed by atoms with E-state index in [9.17, 15) is 13.6 Å². The minimum Gasteiger partial charge on any atom is -0.368 e. The van der Waals surface area contributed by atoms with E-state index < -0.39 is 23.6 Å². The molecule has 5 nitrogen and oxygen atoms in total. The number of amides is 1. The number of aromatic nitrogens is 1. The number of carbonyl (C=O) groups excluding carboxylic acids is 1. The van der Waals surface area contributed by atoms with Crippen molar-refractivity contribution in [3.05, 3.63) is 17.7 Å². The molecule has 1 atom stereocenters. The average molecular weight is 244 g/mol. The maximum Gasteiger partial charge on any atom is 0.239 e. The first-order valence-electron chi connectivity index (χ1n) is 5.11. The number of pyridine rings is 1. The monoisotopic (exact) mass is 244 g/mol. The van der Waals surface area contributed by atoms with Crippen molar-refractivity contribution in [3.63, 3.8) is 0 Å². The minimum atomic E-state index is -0.878. The largest absolute Gasteiger partial charge is 0.368 e. The lowest BCUT2D eigenvalue weighted by Gasteiger charge is -2.13. The molecule has 1 aromatic rings. The highest BCUT2D eigenvalue weighted by Crippen LogP contribution is 2.19. The molecule has 0 saturated heterocycles. The van der Waals surface area contributed by atoms with Gasteiger partial charge in [0.05, 0.1) is 0 Å². The molecule has 0 fully saturated rings. The predicted octanol–water partition coefficient (Wildman–Crippen LogP) is 1.08. The van der Waals surface area contributed by atoms with Crippen LogP contribution >= 0.6 is 0 Å². The van der Waals surface area contributed by atoms with Crippen LogP contribution in [-0.2, 0) is 4.79 Å². The number of hydrogen-bond acceptors (Lipinski definition) is 4. The maximum atomic E-state index is 13.3. The fraction of sp³-hybridized carbons (Fsp3) is 0.400. The molecular weight excluding hydrogens is 230 g/mol. The van der Waals surface area contributed by atoms with E-state index in [-0.39, 0.29) is 11.6 Å². The second-order valence-electron chi connectivity index (χ2n) is 3.45. The molecule has 1 amide bonds. The van der Waals surface area contributed by atoms with E-state index in [0.717, 1.165) is 0 Å². The molecule has 0 aliphatic rings. The molecular formula is C10H14F2N4O.